The van der Waals surface area contributed by atoms with Gasteiger partial charge in [0.25, 0.3) is 0 Å². The van der Waals surface area contributed by atoms with E-state index in [1.54, 1.807) is 0 Å². The van der Waals surface area contributed by atoms with Gasteiger partial charge in [-0.3, -0.25) is 4.79 Å². The summed E-state index contributed by atoms with van der Waals surface area (Å²) in [6.45, 7) is -0.293. The number of rotatable bonds is 4. The number of benzene rings is 1. The van der Waals surface area contributed by atoms with Crippen molar-refractivity contribution in [3.63, 3.8) is 0 Å². The Hall–Kier alpha value is -2.50. The van der Waals surface area contributed by atoms with Crippen molar-refractivity contribution in [2.24, 2.45) is 0 Å². The highest BCUT2D eigenvalue weighted by Crippen LogP contribution is 2.31. The third kappa shape index (κ3) is 4.43. The van der Waals surface area contributed by atoms with Crippen LogP contribution >= 0.6 is 0 Å². The smallest absolute Gasteiger partial charge is 0.340 e. The van der Waals surface area contributed by atoms with Crippen LogP contribution in [0.5, 0.6) is 0 Å². The summed E-state index contributed by atoms with van der Waals surface area (Å²) in [6.07, 6.45) is -4.13. The lowest BCUT2D eigenvalue weighted by Crippen LogP contribution is -2.40. The van der Waals surface area contributed by atoms with Gasteiger partial charge in [-0.1, -0.05) is 12.1 Å². The molecule has 1 aromatic heterocycles. The Bertz CT molecular complexity index is 958. The molecule has 2 aromatic rings. The average Bonchev–Trinajstić information content (AvgIpc) is 3.20. The van der Waals surface area contributed by atoms with Gasteiger partial charge in [-0.25, -0.2) is 8.42 Å². The average molecular weight is 403 g/mol. The zero-order valence-corrected chi connectivity index (χ0v) is 15.0. The molecule has 2 heterocycles. The van der Waals surface area contributed by atoms with Gasteiger partial charge in [0.1, 0.15) is 6.54 Å². The second kappa shape index (κ2) is 6.91. The fraction of sp³-hybridized carbons (Fsp3) is 0.467. The van der Waals surface area contributed by atoms with Crippen LogP contribution in [-0.4, -0.2) is 64.0 Å². The van der Waals surface area contributed by atoms with Gasteiger partial charge >= 0.3 is 6.18 Å². The highest BCUT2D eigenvalue weighted by atomic mass is 32.2. The molecule has 27 heavy (non-hydrogen) atoms. The van der Waals surface area contributed by atoms with Crippen LogP contribution in [0, 0.1) is 0 Å². The normalized spacial score (nSPS) is 19.2. The van der Waals surface area contributed by atoms with Crippen molar-refractivity contribution in [3.8, 4) is 11.4 Å². The molecule has 146 valence electrons. The maximum atomic E-state index is 12.8. The summed E-state index contributed by atoms with van der Waals surface area (Å²) in [4.78, 5) is 14.6. The summed E-state index contributed by atoms with van der Waals surface area (Å²) >= 11 is 0. The van der Waals surface area contributed by atoms with Crippen LogP contribution in [0.4, 0.5) is 13.2 Å². The number of carbonyl (C=O) groups is 1. The number of likely N-dealkylation sites (N-methyl/N-ethyl adjacent to an activating group) is 1. The van der Waals surface area contributed by atoms with E-state index in [-0.39, 0.29) is 29.4 Å². The summed E-state index contributed by atoms with van der Waals surface area (Å²) in [5, 5.41) is 11.3. The Balaban J connectivity index is 1.70. The van der Waals surface area contributed by atoms with E-state index < -0.39 is 33.5 Å². The SMILES string of the molecule is CN(C(=O)Cn1nnc(-c2cccc(C(F)(F)F)c2)n1)[C@H]1CCS(=O)(=O)C1. The number of hydrogen-bond donors (Lipinski definition) is 0. The molecule has 0 radical (unpaired) electrons. The molecule has 0 N–H and O–H groups in total. The predicted molar refractivity (Wildman–Crippen MR) is 88.1 cm³/mol. The number of halogens is 3. The third-order valence-corrected chi connectivity index (χ3v) is 6.08. The Morgan fingerprint density at radius 1 is 1.37 bits per heavy atom. The van der Waals surface area contributed by atoms with E-state index in [1.165, 1.54) is 24.1 Å². The van der Waals surface area contributed by atoms with Crippen molar-refractivity contribution >= 4 is 15.7 Å². The summed E-state index contributed by atoms with van der Waals surface area (Å²) in [5.41, 5.74) is -0.714. The lowest BCUT2D eigenvalue weighted by molar-refractivity contribution is -0.137. The summed E-state index contributed by atoms with van der Waals surface area (Å²) in [7, 11) is -1.63. The van der Waals surface area contributed by atoms with Crippen LogP contribution in [0.1, 0.15) is 12.0 Å². The molecule has 0 spiro atoms. The predicted octanol–water partition coefficient (Wildman–Crippen LogP) is 1.00. The zero-order chi connectivity index (χ0) is 19.8. The lowest BCUT2D eigenvalue weighted by Gasteiger charge is -2.22. The molecule has 12 heteroatoms. The van der Waals surface area contributed by atoms with Gasteiger partial charge in [0.05, 0.1) is 17.1 Å². The van der Waals surface area contributed by atoms with Gasteiger partial charge in [-0.05, 0) is 23.8 Å². The Kier molecular flexibility index (Phi) is 4.93. The van der Waals surface area contributed by atoms with Crippen LogP contribution in [0.2, 0.25) is 0 Å². The zero-order valence-electron chi connectivity index (χ0n) is 14.2. The molecule has 1 fully saturated rings. The maximum absolute atomic E-state index is 12.8. The number of amides is 1. The third-order valence-electron chi connectivity index (χ3n) is 4.33. The van der Waals surface area contributed by atoms with E-state index >= 15 is 0 Å². The van der Waals surface area contributed by atoms with E-state index in [0.717, 1.165) is 16.9 Å². The first kappa shape index (κ1) is 19.3. The molecule has 0 saturated carbocycles. The van der Waals surface area contributed by atoms with Crippen molar-refractivity contribution in [2.45, 2.75) is 25.2 Å². The van der Waals surface area contributed by atoms with Gasteiger partial charge in [0, 0.05) is 18.7 Å². The van der Waals surface area contributed by atoms with Gasteiger partial charge in [-0.15, -0.1) is 10.2 Å². The minimum Gasteiger partial charge on any atom is -0.340 e. The molecule has 8 nitrogen and oxygen atoms in total. The van der Waals surface area contributed by atoms with Crippen LogP contribution in [-0.2, 0) is 27.4 Å². The van der Waals surface area contributed by atoms with Gasteiger partial charge in [0.2, 0.25) is 11.7 Å². The highest BCUT2D eigenvalue weighted by Gasteiger charge is 2.33. The molecule has 0 unspecified atom stereocenters. The van der Waals surface area contributed by atoms with Crippen molar-refractivity contribution in [1.29, 1.82) is 0 Å². The Morgan fingerprint density at radius 2 is 2.11 bits per heavy atom. The highest BCUT2D eigenvalue weighted by molar-refractivity contribution is 7.91. The summed E-state index contributed by atoms with van der Waals surface area (Å²) in [6, 6.07) is 4.07. The van der Waals surface area contributed by atoms with Crippen LogP contribution in [0.3, 0.4) is 0 Å². The minimum atomic E-state index is -4.49. The number of carbonyl (C=O) groups excluding carboxylic acids is 1. The molecule has 3 rings (SSSR count). The molecule has 0 bridgehead atoms. The minimum absolute atomic E-state index is 0.0383. The first-order chi connectivity index (χ1) is 12.5. The van der Waals surface area contributed by atoms with Crippen LogP contribution < -0.4 is 0 Å². The quantitative estimate of drug-likeness (QED) is 0.756. The standard InChI is InChI=1S/C15H16F3N5O3S/c1-22(12-5-6-27(25,26)9-12)13(24)8-23-20-14(19-21-23)10-3-2-4-11(7-10)15(16,17)18/h2-4,7,12H,5-6,8-9H2,1H3/t12-/m0/s1. The lowest BCUT2D eigenvalue weighted by atomic mass is 10.1. The van der Waals surface area contributed by atoms with Crippen molar-refractivity contribution in [3.05, 3.63) is 29.8 Å². The van der Waals surface area contributed by atoms with Crippen molar-refractivity contribution in [1.82, 2.24) is 25.1 Å². The van der Waals surface area contributed by atoms with Crippen LogP contribution in [0.25, 0.3) is 11.4 Å². The number of hydrogen-bond acceptors (Lipinski definition) is 6. The number of sulfone groups is 1. The number of nitrogens with zero attached hydrogens (tertiary/aromatic N) is 5. The Labute approximate surface area is 152 Å². The second-order valence-corrected chi connectivity index (χ2v) is 8.51. The molecular weight excluding hydrogens is 387 g/mol. The molecule has 1 atom stereocenters. The molecule has 1 saturated heterocycles. The maximum Gasteiger partial charge on any atom is 0.416 e. The molecule has 1 aliphatic heterocycles. The Morgan fingerprint density at radius 3 is 2.74 bits per heavy atom. The summed E-state index contributed by atoms with van der Waals surface area (Å²) in [5.74, 6) is -0.503. The molecule has 0 aliphatic carbocycles. The van der Waals surface area contributed by atoms with E-state index in [4.69, 9.17) is 0 Å². The first-order valence-corrected chi connectivity index (χ1v) is 9.79. The fourth-order valence-electron chi connectivity index (χ4n) is 2.78. The molecule has 1 amide bonds. The largest absolute Gasteiger partial charge is 0.416 e. The molecule has 1 aliphatic rings. The topological polar surface area (TPSA) is 98.1 Å². The van der Waals surface area contributed by atoms with Gasteiger partial charge in [0.15, 0.2) is 9.84 Å². The van der Waals surface area contributed by atoms with E-state index in [9.17, 15) is 26.4 Å². The van der Waals surface area contributed by atoms with E-state index in [2.05, 4.69) is 15.4 Å². The van der Waals surface area contributed by atoms with E-state index in [1.807, 2.05) is 0 Å². The summed E-state index contributed by atoms with van der Waals surface area (Å²) < 4.78 is 61.4. The van der Waals surface area contributed by atoms with Gasteiger partial charge in [-0.2, -0.15) is 18.0 Å². The fourth-order valence-corrected chi connectivity index (χ4v) is 4.55. The molecular formula is C15H16F3N5O3S. The monoisotopic (exact) mass is 403 g/mol. The van der Waals surface area contributed by atoms with Crippen molar-refractivity contribution < 1.29 is 26.4 Å². The number of tetrazole rings is 1. The number of alkyl halides is 3. The van der Waals surface area contributed by atoms with Crippen molar-refractivity contribution in [2.75, 3.05) is 18.6 Å². The van der Waals surface area contributed by atoms with E-state index in [0.29, 0.717) is 6.42 Å². The molecule has 1 aromatic carbocycles. The second-order valence-electron chi connectivity index (χ2n) is 6.28. The number of aromatic nitrogens is 4. The van der Waals surface area contributed by atoms with Gasteiger partial charge < -0.3 is 4.90 Å². The van der Waals surface area contributed by atoms with Crippen LogP contribution in [0.15, 0.2) is 24.3 Å². The first-order valence-electron chi connectivity index (χ1n) is 7.97.